The fourth-order valence-corrected chi connectivity index (χ4v) is 3.29. The Balaban J connectivity index is 2.23. The van der Waals surface area contributed by atoms with E-state index in [1.165, 1.54) is 11.1 Å². The maximum atomic E-state index is 5.45. The van der Waals surface area contributed by atoms with Gasteiger partial charge in [0.1, 0.15) is 5.75 Å². The smallest absolute Gasteiger partial charge is 0.119 e. The first kappa shape index (κ1) is 13.6. The second kappa shape index (κ2) is 6.39. The van der Waals surface area contributed by atoms with Gasteiger partial charge in [-0.1, -0.05) is 62.2 Å². The van der Waals surface area contributed by atoms with Gasteiger partial charge in [-0.3, -0.25) is 0 Å². The minimum Gasteiger partial charge on any atom is -0.494 e. The lowest BCUT2D eigenvalue weighted by Crippen LogP contribution is -1.95. The number of ether oxygens (including phenoxy) is 1. The van der Waals surface area contributed by atoms with Crippen molar-refractivity contribution in [1.82, 2.24) is 0 Å². The summed E-state index contributed by atoms with van der Waals surface area (Å²) in [6, 6.07) is 16.4. The molecule has 0 spiro atoms. The maximum Gasteiger partial charge on any atom is 0.119 e. The van der Waals surface area contributed by atoms with Gasteiger partial charge >= 0.3 is 0 Å². The molecule has 94 valence electrons. The Morgan fingerprint density at radius 2 is 1.72 bits per heavy atom. The minimum atomic E-state index is 0.184. The van der Waals surface area contributed by atoms with Crippen molar-refractivity contribution in [3.63, 3.8) is 0 Å². The van der Waals surface area contributed by atoms with Crippen LogP contribution in [0.25, 0.3) is 0 Å². The van der Waals surface area contributed by atoms with E-state index in [9.17, 15) is 0 Å². The third kappa shape index (κ3) is 3.15. The summed E-state index contributed by atoms with van der Waals surface area (Å²) in [6.07, 6.45) is 0. The van der Waals surface area contributed by atoms with Gasteiger partial charge in [0.05, 0.1) is 11.4 Å². The van der Waals surface area contributed by atoms with Crippen LogP contribution < -0.4 is 4.74 Å². The number of rotatable bonds is 4. The van der Waals surface area contributed by atoms with Gasteiger partial charge in [0.15, 0.2) is 0 Å². The van der Waals surface area contributed by atoms with Gasteiger partial charge in [-0.25, -0.2) is 0 Å². The molecule has 0 saturated heterocycles. The normalized spacial score (nSPS) is 12.2. The molecule has 0 saturated carbocycles. The average molecular weight is 370 g/mol. The van der Waals surface area contributed by atoms with Crippen LogP contribution in [0.3, 0.4) is 0 Å². The van der Waals surface area contributed by atoms with E-state index in [0.717, 1.165) is 10.2 Å². The maximum absolute atomic E-state index is 5.45. The Hall–Kier alpha value is -0.800. The summed E-state index contributed by atoms with van der Waals surface area (Å²) in [5.74, 6) is 0.910. The Bertz CT molecular complexity index is 508. The van der Waals surface area contributed by atoms with Crippen molar-refractivity contribution >= 4 is 31.9 Å². The predicted octanol–water partition coefficient (Wildman–Crippen LogP) is 5.33. The highest BCUT2D eigenvalue weighted by Crippen LogP contribution is 2.35. The van der Waals surface area contributed by atoms with Gasteiger partial charge in [-0.05, 0) is 36.2 Å². The fraction of sp³-hybridized carbons (Fsp3) is 0.200. The van der Waals surface area contributed by atoms with E-state index in [-0.39, 0.29) is 4.83 Å². The molecule has 0 aromatic heterocycles. The molecular weight excluding hydrogens is 356 g/mol. The van der Waals surface area contributed by atoms with E-state index < -0.39 is 0 Å². The van der Waals surface area contributed by atoms with Crippen molar-refractivity contribution in [1.29, 1.82) is 0 Å². The van der Waals surface area contributed by atoms with E-state index in [2.05, 4.69) is 56.1 Å². The third-order valence-corrected chi connectivity index (χ3v) is 4.41. The van der Waals surface area contributed by atoms with Crippen LogP contribution in [0.1, 0.15) is 22.9 Å². The van der Waals surface area contributed by atoms with Gasteiger partial charge in [-0.15, -0.1) is 0 Å². The number of alkyl halides is 1. The van der Waals surface area contributed by atoms with Crippen molar-refractivity contribution in [2.24, 2.45) is 0 Å². The molecule has 0 heterocycles. The highest BCUT2D eigenvalue weighted by molar-refractivity contribution is 9.11. The summed E-state index contributed by atoms with van der Waals surface area (Å²) >= 11 is 7.32. The van der Waals surface area contributed by atoms with Crippen LogP contribution in [-0.4, -0.2) is 6.61 Å². The summed E-state index contributed by atoms with van der Waals surface area (Å²) < 4.78 is 6.56. The molecule has 0 amide bonds. The van der Waals surface area contributed by atoms with Crippen LogP contribution in [-0.2, 0) is 0 Å². The van der Waals surface area contributed by atoms with E-state index >= 15 is 0 Å². The molecule has 0 aliphatic carbocycles. The molecule has 0 bridgehead atoms. The van der Waals surface area contributed by atoms with Gasteiger partial charge in [0.25, 0.3) is 0 Å². The van der Waals surface area contributed by atoms with Crippen LogP contribution in [0, 0.1) is 0 Å². The zero-order valence-corrected chi connectivity index (χ0v) is 13.2. The van der Waals surface area contributed by atoms with Crippen LogP contribution in [0.2, 0.25) is 0 Å². The molecule has 1 unspecified atom stereocenters. The second-order valence-corrected chi connectivity index (χ2v) is 5.66. The van der Waals surface area contributed by atoms with Crippen molar-refractivity contribution in [3.8, 4) is 5.75 Å². The largest absolute Gasteiger partial charge is 0.494 e. The van der Waals surface area contributed by atoms with Crippen molar-refractivity contribution in [3.05, 3.63) is 64.1 Å². The van der Waals surface area contributed by atoms with Crippen LogP contribution >= 0.6 is 31.9 Å². The van der Waals surface area contributed by atoms with Gasteiger partial charge < -0.3 is 4.74 Å². The molecule has 2 aromatic carbocycles. The average Bonchev–Trinajstić information content (AvgIpc) is 2.40. The first-order valence-electron chi connectivity index (χ1n) is 5.83. The molecule has 0 aliphatic rings. The molecule has 1 nitrogen and oxygen atoms in total. The molecule has 1 atom stereocenters. The van der Waals surface area contributed by atoms with Crippen molar-refractivity contribution in [2.75, 3.05) is 6.61 Å². The summed E-state index contributed by atoms with van der Waals surface area (Å²) in [4.78, 5) is 0.184. The molecule has 2 aromatic rings. The molecule has 3 heteroatoms. The summed E-state index contributed by atoms with van der Waals surface area (Å²) in [7, 11) is 0. The molecule has 0 radical (unpaired) electrons. The van der Waals surface area contributed by atoms with Crippen LogP contribution in [0.4, 0.5) is 0 Å². The molecule has 0 N–H and O–H groups in total. The third-order valence-electron chi connectivity index (χ3n) is 2.66. The van der Waals surface area contributed by atoms with Crippen molar-refractivity contribution < 1.29 is 4.74 Å². The molecule has 18 heavy (non-hydrogen) atoms. The molecular formula is C15H14Br2O. The van der Waals surface area contributed by atoms with E-state index in [1.807, 2.05) is 31.2 Å². The Labute approximate surface area is 124 Å². The lowest BCUT2D eigenvalue weighted by molar-refractivity contribution is 0.340. The van der Waals surface area contributed by atoms with Gasteiger partial charge in [-0.2, -0.15) is 0 Å². The minimum absolute atomic E-state index is 0.184. The number of halogens is 2. The lowest BCUT2D eigenvalue weighted by atomic mass is 10.0. The number of benzene rings is 2. The van der Waals surface area contributed by atoms with Crippen LogP contribution in [0.15, 0.2) is 53.0 Å². The monoisotopic (exact) mass is 368 g/mol. The SMILES string of the molecule is CCOc1ccc(C(Br)c2ccccc2Br)cc1. The summed E-state index contributed by atoms with van der Waals surface area (Å²) in [5, 5.41) is 0. The quantitative estimate of drug-likeness (QED) is 0.661. The standard InChI is InChI=1S/C15H14Br2O/c1-2-18-12-9-7-11(8-10-12)15(17)13-5-3-4-6-14(13)16/h3-10,15H,2H2,1H3. The van der Waals surface area contributed by atoms with E-state index in [1.54, 1.807) is 0 Å². The fourth-order valence-electron chi connectivity index (χ4n) is 1.76. The molecule has 0 aliphatic heterocycles. The lowest BCUT2D eigenvalue weighted by Gasteiger charge is -2.13. The second-order valence-electron chi connectivity index (χ2n) is 3.89. The molecule has 2 rings (SSSR count). The molecule has 0 fully saturated rings. The first-order valence-corrected chi connectivity index (χ1v) is 7.54. The van der Waals surface area contributed by atoms with E-state index in [0.29, 0.717) is 6.61 Å². The number of hydrogen-bond acceptors (Lipinski definition) is 1. The van der Waals surface area contributed by atoms with Crippen molar-refractivity contribution in [2.45, 2.75) is 11.8 Å². The topological polar surface area (TPSA) is 9.23 Å². The van der Waals surface area contributed by atoms with Crippen LogP contribution in [0.5, 0.6) is 5.75 Å². The summed E-state index contributed by atoms with van der Waals surface area (Å²) in [6.45, 7) is 2.68. The van der Waals surface area contributed by atoms with E-state index in [4.69, 9.17) is 4.74 Å². The van der Waals surface area contributed by atoms with Gasteiger partial charge in [0.2, 0.25) is 0 Å². The highest BCUT2D eigenvalue weighted by Gasteiger charge is 2.12. The van der Waals surface area contributed by atoms with Gasteiger partial charge in [0, 0.05) is 4.47 Å². The number of hydrogen-bond donors (Lipinski definition) is 0. The zero-order chi connectivity index (χ0) is 13.0. The first-order chi connectivity index (χ1) is 8.72. The highest BCUT2D eigenvalue weighted by atomic mass is 79.9. The zero-order valence-electron chi connectivity index (χ0n) is 10.1. The Morgan fingerprint density at radius 3 is 2.33 bits per heavy atom. The summed E-state index contributed by atoms with van der Waals surface area (Å²) in [5.41, 5.74) is 2.44. The Morgan fingerprint density at radius 1 is 1.06 bits per heavy atom. The predicted molar refractivity (Wildman–Crippen MR) is 82.5 cm³/mol. The Kier molecular flexibility index (Phi) is 4.84.